The first-order valence-corrected chi connectivity index (χ1v) is 7.96. The third-order valence-electron chi connectivity index (χ3n) is 3.35. The fourth-order valence-corrected chi connectivity index (χ4v) is 5.17. The first-order chi connectivity index (χ1) is 6.22. The number of rotatable bonds is 1. The van der Waals surface area contributed by atoms with Crippen LogP contribution in [0.4, 0.5) is 0 Å². The molecule has 1 saturated heterocycles. The van der Waals surface area contributed by atoms with Crippen molar-refractivity contribution in [1.29, 1.82) is 0 Å². The SMILES string of the molecule is CC(C)C1CCCCCCCP1C. The minimum Gasteiger partial charge on any atom is -0.106 e. The van der Waals surface area contributed by atoms with Gasteiger partial charge in [-0.3, -0.25) is 0 Å². The summed E-state index contributed by atoms with van der Waals surface area (Å²) in [5.74, 6) is 0.925. The zero-order valence-corrected chi connectivity index (χ0v) is 10.4. The van der Waals surface area contributed by atoms with E-state index in [1.165, 1.54) is 44.7 Å². The van der Waals surface area contributed by atoms with Crippen LogP contribution < -0.4 is 0 Å². The van der Waals surface area contributed by atoms with Gasteiger partial charge in [0.15, 0.2) is 0 Å². The van der Waals surface area contributed by atoms with Crippen LogP contribution in [0.1, 0.15) is 52.4 Å². The molecule has 0 saturated carbocycles. The Morgan fingerprint density at radius 2 is 1.62 bits per heavy atom. The summed E-state index contributed by atoms with van der Waals surface area (Å²) in [6.45, 7) is 7.37. The first kappa shape index (κ1) is 11.5. The van der Waals surface area contributed by atoms with E-state index < -0.39 is 0 Å². The fraction of sp³-hybridized carbons (Fsp3) is 1.00. The van der Waals surface area contributed by atoms with Crippen molar-refractivity contribution in [3.8, 4) is 0 Å². The van der Waals surface area contributed by atoms with Gasteiger partial charge in [0.25, 0.3) is 0 Å². The smallest absolute Gasteiger partial charge is 0.0189 e. The van der Waals surface area contributed by atoms with Crippen molar-refractivity contribution in [2.45, 2.75) is 58.0 Å². The summed E-state index contributed by atoms with van der Waals surface area (Å²) < 4.78 is 0. The average Bonchev–Trinajstić information content (AvgIpc) is 2.16. The van der Waals surface area contributed by atoms with E-state index in [-0.39, 0.29) is 0 Å². The van der Waals surface area contributed by atoms with Gasteiger partial charge in [0.1, 0.15) is 0 Å². The van der Waals surface area contributed by atoms with E-state index in [9.17, 15) is 0 Å². The lowest BCUT2D eigenvalue weighted by molar-refractivity contribution is 0.530. The Balaban J connectivity index is 2.45. The molecule has 0 nitrogen and oxygen atoms in total. The molecule has 2 unspecified atom stereocenters. The minimum absolute atomic E-state index is 0.345. The summed E-state index contributed by atoms with van der Waals surface area (Å²) in [5.41, 5.74) is 1.06. The van der Waals surface area contributed by atoms with Gasteiger partial charge in [0.05, 0.1) is 0 Å². The molecule has 0 aromatic carbocycles. The Morgan fingerprint density at radius 3 is 2.31 bits per heavy atom. The Hall–Kier alpha value is 0.430. The van der Waals surface area contributed by atoms with E-state index in [0.29, 0.717) is 7.92 Å². The quantitative estimate of drug-likeness (QED) is 0.547. The summed E-state index contributed by atoms with van der Waals surface area (Å²) in [7, 11) is 0.345. The lowest BCUT2D eigenvalue weighted by atomic mass is 10.0. The normalized spacial score (nSPS) is 32.3. The highest BCUT2D eigenvalue weighted by Gasteiger charge is 2.20. The van der Waals surface area contributed by atoms with Crippen molar-refractivity contribution in [3.63, 3.8) is 0 Å². The molecule has 0 aromatic heterocycles. The van der Waals surface area contributed by atoms with Crippen molar-refractivity contribution in [3.05, 3.63) is 0 Å². The highest BCUT2D eigenvalue weighted by molar-refractivity contribution is 7.57. The van der Waals surface area contributed by atoms with Crippen LogP contribution >= 0.6 is 7.92 Å². The van der Waals surface area contributed by atoms with Gasteiger partial charge in [-0.15, -0.1) is 7.92 Å². The molecule has 0 N–H and O–H groups in total. The van der Waals surface area contributed by atoms with E-state index in [1.807, 2.05) is 0 Å². The van der Waals surface area contributed by atoms with Gasteiger partial charge in [0.2, 0.25) is 0 Å². The number of hydrogen-bond donors (Lipinski definition) is 0. The Labute approximate surface area is 85.2 Å². The molecular formula is C12H25P. The molecule has 0 aliphatic carbocycles. The van der Waals surface area contributed by atoms with E-state index in [2.05, 4.69) is 20.5 Å². The predicted octanol–water partition coefficient (Wildman–Crippen LogP) is 4.48. The molecule has 2 atom stereocenters. The standard InChI is InChI=1S/C12H25P/c1-11(2)12-9-7-5-4-6-8-10-13(12)3/h11-12H,4-10H2,1-3H3. The molecule has 0 amide bonds. The van der Waals surface area contributed by atoms with E-state index >= 15 is 0 Å². The third-order valence-corrected chi connectivity index (χ3v) is 6.35. The van der Waals surface area contributed by atoms with Crippen LogP contribution in [0, 0.1) is 5.92 Å². The highest BCUT2D eigenvalue weighted by Crippen LogP contribution is 2.45. The second-order valence-electron chi connectivity index (χ2n) is 4.85. The van der Waals surface area contributed by atoms with Crippen molar-refractivity contribution < 1.29 is 0 Å². The van der Waals surface area contributed by atoms with Crippen LogP contribution in [0.15, 0.2) is 0 Å². The molecule has 0 spiro atoms. The molecule has 13 heavy (non-hydrogen) atoms. The summed E-state index contributed by atoms with van der Waals surface area (Å²) in [5, 5.41) is 0. The van der Waals surface area contributed by atoms with Gasteiger partial charge in [-0.1, -0.05) is 39.5 Å². The van der Waals surface area contributed by atoms with E-state index in [4.69, 9.17) is 0 Å². The predicted molar refractivity (Wildman–Crippen MR) is 64.0 cm³/mol. The van der Waals surface area contributed by atoms with Crippen LogP contribution in [-0.2, 0) is 0 Å². The van der Waals surface area contributed by atoms with Gasteiger partial charge >= 0.3 is 0 Å². The molecule has 1 heterocycles. The molecule has 1 aliphatic rings. The highest BCUT2D eigenvalue weighted by atomic mass is 31.1. The van der Waals surface area contributed by atoms with Crippen molar-refractivity contribution in [1.82, 2.24) is 0 Å². The summed E-state index contributed by atoms with van der Waals surface area (Å²) in [6, 6.07) is 0. The van der Waals surface area contributed by atoms with Crippen LogP contribution in [0.2, 0.25) is 0 Å². The van der Waals surface area contributed by atoms with Crippen LogP contribution in [0.25, 0.3) is 0 Å². The molecule has 1 heteroatoms. The maximum Gasteiger partial charge on any atom is -0.0189 e. The largest absolute Gasteiger partial charge is 0.106 e. The maximum atomic E-state index is 2.53. The van der Waals surface area contributed by atoms with Crippen LogP contribution in [0.3, 0.4) is 0 Å². The third kappa shape index (κ3) is 3.98. The molecule has 1 aliphatic heterocycles. The second-order valence-corrected chi connectivity index (χ2v) is 7.47. The Kier molecular flexibility index (Phi) is 5.32. The first-order valence-electron chi connectivity index (χ1n) is 5.92. The summed E-state index contributed by atoms with van der Waals surface area (Å²) in [6.07, 6.45) is 10.5. The fourth-order valence-electron chi connectivity index (χ4n) is 2.47. The van der Waals surface area contributed by atoms with Crippen molar-refractivity contribution in [2.75, 3.05) is 12.8 Å². The number of hydrogen-bond acceptors (Lipinski definition) is 0. The molecule has 0 bridgehead atoms. The molecule has 78 valence electrons. The van der Waals surface area contributed by atoms with Crippen molar-refractivity contribution >= 4 is 7.92 Å². The van der Waals surface area contributed by atoms with Gasteiger partial charge in [-0.05, 0) is 37.2 Å². The Bertz CT molecular complexity index is 131. The van der Waals surface area contributed by atoms with Gasteiger partial charge in [-0.25, -0.2) is 0 Å². The lowest BCUT2D eigenvalue weighted by Gasteiger charge is -2.27. The molecule has 1 rings (SSSR count). The van der Waals surface area contributed by atoms with Crippen LogP contribution in [0.5, 0.6) is 0 Å². The monoisotopic (exact) mass is 200 g/mol. The molecular weight excluding hydrogens is 175 g/mol. The maximum absolute atomic E-state index is 2.53. The Morgan fingerprint density at radius 1 is 1.00 bits per heavy atom. The topological polar surface area (TPSA) is 0 Å². The molecule has 0 aromatic rings. The van der Waals surface area contributed by atoms with Crippen molar-refractivity contribution in [2.24, 2.45) is 5.92 Å². The van der Waals surface area contributed by atoms with E-state index in [0.717, 1.165) is 11.6 Å². The zero-order valence-electron chi connectivity index (χ0n) is 9.55. The average molecular weight is 200 g/mol. The summed E-state index contributed by atoms with van der Waals surface area (Å²) >= 11 is 0. The second kappa shape index (κ2) is 6.02. The van der Waals surface area contributed by atoms with Gasteiger partial charge in [0, 0.05) is 0 Å². The summed E-state index contributed by atoms with van der Waals surface area (Å²) in [4.78, 5) is 0. The zero-order chi connectivity index (χ0) is 9.68. The molecule has 1 fully saturated rings. The van der Waals surface area contributed by atoms with Gasteiger partial charge < -0.3 is 0 Å². The minimum atomic E-state index is 0.345. The van der Waals surface area contributed by atoms with Gasteiger partial charge in [-0.2, -0.15) is 0 Å². The van der Waals surface area contributed by atoms with E-state index in [1.54, 1.807) is 0 Å². The molecule has 0 radical (unpaired) electrons. The van der Waals surface area contributed by atoms with Crippen LogP contribution in [-0.4, -0.2) is 18.5 Å². The lowest BCUT2D eigenvalue weighted by Crippen LogP contribution is -2.14.